The maximum absolute atomic E-state index is 12.2. The zero-order chi connectivity index (χ0) is 18.8. The Hall–Kier alpha value is -1.83. The van der Waals surface area contributed by atoms with Crippen LogP contribution < -0.4 is 4.74 Å². The predicted octanol–water partition coefficient (Wildman–Crippen LogP) is 1.81. The minimum absolute atomic E-state index is 0.0966. The molecule has 0 bridgehead atoms. The lowest BCUT2D eigenvalue weighted by Crippen LogP contribution is -2.55. The highest BCUT2D eigenvalue weighted by Gasteiger charge is 2.51. The number of phenols is 1. The molecule has 1 saturated heterocycles. The van der Waals surface area contributed by atoms with Gasteiger partial charge in [0.1, 0.15) is 17.1 Å². The number of carbonyl (C=O) groups excluding carboxylic acids is 1. The fourth-order valence-corrected chi connectivity index (χ4v) is 4.39. The van der Waals surface area contributed by atoms with Crippen molar-refractivity contribution in [1.82, 2.24) is 0 Å². The van der Waals surface area contributed by atoms with Gasteiger partial charge in [0.25, 0.3) is 0 Å². The molecule has 6 atom stereocenters. The molecule has 1 spiro atoms. The van der Waals surface area contributed by atoms with Gasteiger partial charge in [0.05, 0.1) is 18.3 Å². The Balaban J connectivity index is 1.79. The summed E-state index contributed by atoms with van der Waals surface area (Å²) in [6.45, 7) is 5.36. The van der Waals surface area contributed by atoms with E-state index in [1.165, 1.54) is 6.92 Å². The second-order valence-electron chi connectivity index (χ2n) is 7.77. The van der Waals surface area contributed by atoms with Crippen LogP contribution in [-0.4, -0.2) is 45.4 Å². The number of phenolic OH excluding ortho intramolecular Hbond substituents is 1. The number of cyclic esters (lactones) is 1. The molecule has 1 fully saturated rings. The first-order chi connectivity index (χ1) is 12.2. The van der Waals surface area contributed by atoms with E-state index >= 15 is 0 Å². The van der Waals surface area contributed by atoms with Crippen LogP contribution in [0.2, 0.25) is 0 Å². The molecule has 7 heteroatoms. The molecule has 0 amide bonds. The summed E-state index contributed by atoms with van der Waals surface area (Å²) in [6, 6.07) is 1.65. The standard InChI is InChI=1S/C19H24O7/c1-8-4-12-14(26-19(8)7-11(21)5-9(2)25-19)6-13-15(16(12)22)18(23)24-17(13)10(3)20/h6,8-11,17,20-22H,4-5,7H2,1-3H3/t8-,9-,10-,11+,17-,19+/m0/s1. The van der Waals surface area contributed by atoms with Gasteiger partial charge in [0.15, 0.2) is 6.10 Å². The van der Waals surface area contributed by atoms with Crippen LogP contribution in [0.15, 0.2) is 6.07 Å². The Labute approximate surface area is 151 Å². The number of hydrogen-bond donors (Lipinski definition) is 3. The van der Waals surface area contributed by atoms with Crippen molar-refractivity contribution in [3.05, 3.63) is 22.8 Å². The van der Waals surface area contributed by atoms with Crippen LogP contribution in [0.1, 0.15) is 61.2 Å². The lowest BCUT2D eigenvalue weighted by atomic mass is 9.82. The van der Waals surface area contributed by atoms with E-state index in [1.807, 2.05) is 13.8 Å². The highest BCUT2D eigenvalue weighted by molar-refractivity contribution is 5.98. The van der Waals surface area contributed by atoms with Gasteiger partial charge in [-0.3, -0.25) is 0 Å². The molecule has 1 aromatic rings. The van der Waals surface area contributed by atoms with E-state index in [-0.39, 0.29) is 23.3 Å². The van der Waals surface area contributed by atoms with Crippen LogP contribution in [0.4, 0.5) is 0 Å². The molecular weight excluding hydrogens is 340 g/mol. The summed E-state index contributed by atoms with van der Waals surface area (Å²) in [5.41, 5.74) is 1.04. The molecule has 1 aromatic carbocycles. The number of hydrogen-bond acceptors (Lipinski definition) is 7. The number of aliphatic hydroxyl groups is 2. The molecule has 26 heavy (non-hydrogen) atoms. The fraction of sp³-hybridized carbons (Fsp3) is 0.632. The first-order valence-corrected chi connectivity index (χ1v) is 9.04. The average molecular weight is 364 g/mol. The third kappa shape index (κ3) is 2.49. The first kappa shape index (κ1) is 17.6. The topological polar surface area (TPSA) is 105 Å². The molecule has 4 rings (SSSR count). The van der Waals surface area contributed by atoms with E-state index < -0.39 is 30.1 Å². The number of carbonyl (C=O) groups is 1. The van der Waals surface area contributed by atoms with Crippen LogP contribution in [0.25, 0.3) is 0 Å². The number of esters is 1. The Morgan fingerprint density at radius 2 is 2.08 bits per heavy atom. The van der Waals surface area contributed by atoms with Gasteiger partial charge in [-0.15, -0.1) is 0 Å². The summed E-state index contributed by atoms with van der Waals surface area (Å²) in [7, 11) is 0. The maximum Gasteiger partial charge on any atom is 0.343 e. The second-order valence-corrected chi connectivity index (χ2v) is 7.77. The number of rotatable bonds is 1. The first-order valence-electron chi connectivity index (χ1n) is 9.04. The molecular formula is C19H24O7. The number of aromatic hydroxyl groups is 1. The molecule has 142 valence electrons. The van der Waals surface area contributed by atoms with Gasteiger partial charge < -0.3 is 29.5 Å². The second kappa shape index (κ2) is 5.84. The van der Waals surface area contributed by atoms with Crippen LogP contribution in [0, 0.1) is 5.92 Å². The summed E-state index contributed by atoms with van der Waals surface area (Å²) < 4.78 is 17.5. The van der Waals surface area contributed by atoms with Crippen molar-refractivity contribution < 1.29 is 34.3 Å². The average Bonchev–Trinajstić information content (AvgIpc) is 2.86. The molecule has 0 aromatic heterocycles. The molecule has 0 radical (unpaired) electrons. The van der Waals surface area contributed by atoms with Crippen LogP contribution in [0.3, 0.4) is 0 Å². The number of benzene rings is 1. The van der Waals surface area contributed by atoms with Crippen molar-refractivity contribution in [3.63, 3.8) is 0 Å². The van der Waals surface area contributed by atoms with Crippen molar-refractivity contribution in [3.8, 4) is 11.5 Å². The van der Waals surface area contributed by atoms with Gasteiger partial charge in [0.2, 0.25) is 5.79 Å². The van der Waals surface area contributed by atoms with E-state index in [0.29, 0.717) is 36.1 Å². The van der Waals surface area contributed by atoms with Gasteiger partial charge in [-0.2, -0.15) is 0 Å². The van der Waals surface area contributed by atoms with Gasteiger partial charge in [-0.05, 0) is 32.8 Å². The predicted molar refractivity (Wildman–Crippen MR) is 90.0 cm³/mol. The Bertz CT molecular complexity index is 747. The van der Waals surface area contributed by atoms with Crippen molar-refractivity contribution in [2.45, 2.75) is 70.2 Å². The largest absolute Gasteiger partial charge is 0.507 e. The highest BCUT2D eigenvalue weighted by Crippen LogP contribution is 2.50. The minimum Gasteiger partial charge on any atom is -0.507 e. The summed E-state index contributed by atoms with van der Waals surface area (Å²) in [5.74, 6) is -1.49. The highest BCUT2D eigenvalue weighted by atomic mass is 16.7. The SMILES string of the molecule is C[C@H](O)[C@@H]1OC(=O)c2c1cc1c(c2O)C[C@H](C)[C@@]2(C[C@H](O)C[C@H](C)O2)O1. The van der Waals surface area contributed by atoms with Gasteiger partial charge >= 0.3 is 5.97 Å². The van der Waals surface area contributed by atoms with Crippen molar-refractivity contribution in [1.29, 1.82) is 0 Å². The lowest BCUT2D eigenvalue weighted by molar-refractivity contribution is -0.281. The van der Waals surface area contributed by atoms with E-state index in [0.717, 1.165) is 0 Å². The molecule has 3 N–H and O–H groups in total. The van der Waals surface area contributed by atoms with Crippen molar-refractivity contribution in [2.24, 2.45) is 5.92 Å². The molecule has 0 saturated carbocycles. The van der Waals surface area contributed by atoms with Crippen LogP contribution in [0.5, 0.6) is 11.5 Å². The van der Waals surface area contributed by atoms with E-state index in [9.17, 15) is 20.1 Å². The third-order valence-corrected chi connectivity index (χ3v) is 5.65. The summed E-state index contributed by atoms with van der Waals surface area (Å²) in [5, 5.41) is 30.8. The Morgan fingerprint density at radius 3 is 2.73 bits per heavy atom. The maximum atomic E-state index is 12.2. The van der Waals surface area contributed by atoms with Crippen molar-refractivity contribution >= 4 is 5.97 Å². The summed E-state index contributed by atoms with van der Waals surface area (Å²) >= 11 is 0. The van der Waals surface area contributed by atoms with Crippen molar-refractivity contribution in [2.75, 3.05) is 0 Å². The van der Waals surface area contributed by atoms with Crippen LogP contribution in [-0.2, 0) is 15.9 Å². The number of fused-ring (bicyclic) bond motifs is 2. The van der Waals surface area contributed by atoms with Gasteiger partial charge in [-0.25, -0.2) is 4.79 Å². The normalized spacial score (nSPS) is 36.9. The van der Waals surface area contributed by atoms with E-state index in [2.05, 4.69) is 0 Å². The van der Waals surface area contributed by atoms with Gasteiger partial charge in [0, 0.05) is 23.5 Å². The van der Waals surface area contributed by atoms with Gasteiger partial charge in [-0.1, -0.05) is 6.92 Å². The summed E-state index contributed by atoms with van der Waals surface area (Å²) in [6.07, 6.45) is -1.11. The molecule has 3 heterocycles. The van der Waals surface area contributed by atoms with E-state index in [1.54, 1.807) is 6.07 Å². The quantitative estimate of drug-likeness (QED) is 0.653. The molecule has 0 aliphatic carbocycles. The third-order valence-electron chi connectivity index (χ3n) is 5.65. The smallest absolute Gasteiger partial charge is 0.343 e. The number of aliphatic hydroxyl groups excluding tert-OH is 2. The fourth-order valence-electron chi connectivity index (χ4n) is 4.39. The molecule has 3 aliphatic rings. The molecule has 7 nitrogen and oxygen atoms in total. The Kier molecular flexibility index (Phi) is 3.95. The zero-order valence-corrected chi connectivity index (χ0v) is 15.1. The zero-order valence-electron chi connectivity index (χ0n) is 15.1. The lowest BCUT2D eigenvalue weighted by Gasteiger charge is -2.48. The number of ether oxygens (including phenoxy) is 3. The monoisotopic (exact) mass is 364 g/mol. The Morgan fingerprint density at radius 1 is 1.35 bits per heavy atom. The molecule has 0 unspecified atom stereocenters. The summed E-state index contributed by atoms with van der Waals surface area (Å²) in [4.78, 5) is 12.2. The van der Waals surface area contributed by atoms with Crippen LogP contribution >= 0.6 is 0 Å². The van der Waals surface area contributed by atoms with E-state index in [4.69, 9.17) is 14.2 Å². The minimum atomic E-state index is -0.978. The molecule has 3 aliphatic heterocycles.